The Hall–Kier alpha value is -0.320. The van der Waals surface area contributed by atoms with Crippen molar-refractivity contribution in [3.8, 4) is 0 Å². The smallest absolute Gasteiger partial charge is 0.169 e. The summed E-state index contributed by atoms with van der Waals surface area (Å²) in [5, 5.41) is 3.43. The van der Waals surface area contributed by atoms with Crippen molar-refractivity contribution in [2.45, 2.75) is 19.9 Å². The van der Waals surface area contributed by atoms with Crippen LogP contribution in [0.3, 0.4) is 0 Å². The number of hydrogen-bond acceptors (Lipinski definition) is 3. The Bertz CT molecular complexity index is 345. The van der Waals surface area contributed by atoms with Gasteiger partial charge in [-0.2, -0.15) is 0 Å². The molecule has 1 aromatic heterocycles. The van der Waals surface area contributed by atoms with E-state index in [1.807, 2.05) is 12.1 Å². The lowest BCUT2D eigenvalue weighted by molar-refractivity contribution is 0.192. The van der Waals surface area contributed by atoms with Crippen LogP contribution in [0, 0.1) is 5.41 Å². The molecular formula is C12H19BrN2O. The van der Waals surface area contributed by atoms with Gasteiger partial charge in [0.15, 0.2) is 4.67 Å². The van der Waals surface area contributed by atoms with E-state index in [0.29, 0.717) is 5.41 Å². The van der Waals surface area contributed by atoms with Crippen LogP contribution in [0.1, 0.15) is 19.1 Å². The Morgan fingerprint density at radius 2 is 2.38 bits per heavy atom. The van der Waals surface area contributed by atoms with Crippen molar-refractivity contribution in [2.24, 2.45) is 5.41 Å². The van der Waals surface area contributed by atoms with E-state index >= 15 is 0 Å². The summed E-state index contributed by atoms with van der Waals surface area (Å²) in [5.74, 6) is 1.02. The third kappa shape index (κ3) is 3.09. The van der Waals surface area contributed by atoms with Crippen LogP contribution in [0.4, 0.5) is 0 Å². The largest absolute Gasteiger partial charge is 0.453 e. The highest BCUT2D eigenvalue weighted by Gasteiger charge is 2.29. The molecule has 90 valence electrons. The molecule has 0 amide bonds. The first-order chi connectivity index (χ1) is 7.57. The van der Waals surface area contributed by atoms with Gasteiger partial charge in [0, 0.05) is 13.1 Å². The average Bonchev–Trinajstić information content (AvgIpc) is 2.75. The molecule has 0 radical (unpaired) electrons. The van der Waals surface area contributed by atoms with Gasteiger partial charge in [-0.3, -0.25) is 4.90 Å². The zero-order valence-corrected chi connectivity index (χ0v) is 11.5. The molecule has 0 spiro atoms. The topological polar surface area (TPSA) is 28.4 Å². The van der Waals surface area contributed by atoms with Gasteiger partial charge in [0.25, 0.3) is 0 Å². The van der Waals surface area contributed by atoms with E-state index in [-0.39, 0.29) is 0 Å². The fraction of sp³-hybridized carbons (Fsp3) is 0.667. The molecule has 3 nitrogen and oxygen atoms in total. The molecule has 1 aliphatic heterocycles. The van der Waals surface area contributed by atoms with E-state index in [2.05, 4.69) is 40.1 Å². The second kappa shape index (κ2) is 4.90. The Balaban J connectivity index is 1.86. The molecule has 2 heterocycles. The summed E-state index contributed by atoms with van der Waals surface area (Å²) >= 11 is 3.33. The Morgan fingerprint density at radius 3 is 2.94 bits per heavy atom. The van der Waals surface area contributed by atoms with Crippen LogP contribution in [0.25, 0.3) is 0 Å². The highest BCUT2D eigenvalue weighted by atomic mass is 79.9. The van der Waals surface area contributed by atoms with E-state index < -0.39 is 0 Å². The minimum Gasteiger partial charge on any atom is -0.453 e. The van der Waals surface area contributed by atoms with Crippen LogP contribution in [-0.4, -0.2) is 31.6 Å². The lowest BCUT2D eigenvalue weighted by atomic mass is 9.89. The van der Waals surface area contributed by atoms with Crippen LogP contribution in [-0.2, 0) is 6.54 Å². The van der Waals surface area contributed by atoms with Crippen molar-refractivity contribution >= 4 is 15.9 Å². The standard InChI is InChI=1S/C12H19BrN2O/c1-12(5-6-14-8-12)9-15(2)7-10-3-4-11(13)16-10/h3-4,14H,5-9H2,1-2H3. The summed E-state index contributed by atoms with van der Waals surface area (Å²) in [5.41, 5.74) is 0.415. The molecule has 1 atom stereocenters. The summed E-state index contributed by atoms with van der Waals surface area (Å²) in [6.07, 6.45) is 1.26. The number of hydrogen-bond donors (Lipinski definition) is 1. The molecule has 0 saturated carbocycles. The van der Waals surface area contributed by atoms with Gasteiger partial charge in [-0.15, -0.1) is 0 Å². The highest BCUT2D eigenvalue weighted by molar-refractivity contribution is 9.10. The Kier molecular flexibility index (Phi) is 3.72. The quantitative estimate of drug-likeness (QED) is 0.922. The van der Waals surface area contributed by atoms with Gasteiger partial charge in [-0.05, 0) is 53.5 Å². The normalized spacial score (nSPS) is 25.5. The Labute approximate surface area is 105 Å². The molecule has 1 saturated heterocycles. The van der Waals surface area contributed by atoms with Crippen molar-refractivity contribution in [1.82, 2.24) is 10.2 Å². The van der Waals surface area contributed by atoms with Crippen LogP contribution >= 0.6 is 15.9 Å². The van der Waals surface area contributed by atoms with Gasteiger partial charge >= 0.3 is 0 Å². The van der Waals surface area contributed by atoms with Crippen LogP contribution < -0.4 is 5.32 Å². The number of nitrogens with zero attached hydrogens (tertiary/aromatic N) is 1. The summed E-state index contributed by atoms with van der Waals surface area (Å²) < 4.78 is 6.32. The monoisotopic (exact) mass is 286 g/mol. The molecule has 1 fully saturated rings. The molecule has 16 heavy (non-hydrogen) atoms. The van der Waals surface area contributed by atoms with E-state index in [1.54, 1.807) is 0 Å². The zero-order valence-electron chi connectivity index (χ0n) is 9.92. The van der Waals surface area contributed by atoms with Gasteiger partial charge in [0.2, 0.25) is 0 Å². The molecule has 1 N–H and O–H groups in total. The van der Waals surface area contributed by atoms with Crippen molar-refractivity contribution in [1.29, 1.82) is 0 Å². The van der Waals surface area contributed by atoms with Crippen LogP contribution in [0.5, 0.6) is 0 Å². The minimum atomic E-state index is 0.415. The third-order valence-electron chi connectivity index (χ3n) is 3.16. The number of halogens is 1. The van der Waals surface area contributed by atoms with Gasteiger partial charge in [-0.1, -0.05) is 6.92 Å². The van der Waals surface area contributed by atoms with Gasteiger partial charge < -0.3 is 9.73 Å². The predicted molar refractivity (Wildman–Crippen MR) is 68.3 cm³/mol. The van der Waals surface area contributed by atoms with Crippen LogP contribution in [0.2, 0.25) is 0 Å². The van der Waals surface area contributed by atoms with Crippen molar-refractivity contribution in [3.05, 3.63) is 22.6 Å². The number of rotatable bonds is 4. The summed E-state index contributed by atoms with van der Waals surface area (Å²) in [6.45, 7) is 6.61. The number of nitrogens with one attached hydrogen (secondary N) is 1. The minimum absolute atomic E-state index is 0.415. The molecule has 1 aliphatic rings. The van der Waals surface area contributed by atoms with Gasteiger partial charge in [0.1, 0.15) is 5.76 Å². The van der Waals surface area contributed by atoms with Gasteiger partial charge in [-0.25, -0.2) is 0 Å². The van der Waals surface area contributed by atoms with Crippen molar-refractivity contribution in [3.63, 3.8) is 0 Å². The first-order valence-electron chi connectivity index (χ1n) is 5.71. The van der Waals surface area contributed by atoms with Crippen molar-refractivity contribution < 1.29 is 4.42 Å². The molecule has 1 unspecified atom stereocenters. The van der Waals surface area contributed by atoms with E-state index in [4.69, 9.17) is 4.42 Å². The maximum atomic E-state index is 5.51. The first-order valence-corrected chi connectivity index (χ1v) is 6.50. The molecule has 0 aliphatic carbocycles. The third-order valence-corrected chi connectivity index (χ3v) is 3.59. The lowest BCUT2D eigenvalue weighted by Gasteiger charge is -2.28. The molecule has 2 rings (SSSR count). The highest BCUT2D eigenvalue weighted by Crippen LogP contribution is 2.26. The molecule has 4 heteroatoms. The first kappa shape index (κ1) is 12.1. The van der Waals surface area contributed by atoms with Gasteiger partial charge in [0.05, 0.1) is 6.54 Å². The van der Waals surface area contributed by atoms with E-state index in [0.717, 1.165) is 36.6 Å². The maximum Gasteiger partial charge on any atom is 0.169 e. The Morgan fingerprint density at radius 1 is 1.56 bits per heavy atom. The predicted octanol–water partition coefficient (Wildman–Crippen LogP) is 2.47. The fourth-order valence-electron chi connectivity index (χ4n) is 2.41. The molecular weight excluding hydrogens is 268 g/mol. The average molecular weight is 287 g/mol. The summed E-state index contributed by atoms with van der Waals surface area (Å²) in [6, 6.07) is 3.97. The van der Waals surface area contributed by atoms with E-state index in [1.165, 1.54) is 6.42 Å². The lowest BCUT2D eigenvalue weighted by Crippen LogP contribution is -2.34. The maximum absolute atomic E-state index is 5.51. The second-order valence-corrected chi connectivity index (χ2v) is 5.90. The molecule has 0 bridgehead atoms. The second-order valence-electron chi connectivity index (χ2n) is 5.12. The SMILES string of the molecule is CN(Cc1ccc(Br)o1)CC1(C)CCNC1. The molecule has 1 aromatic rings. The van der Waals surface area contributed by atoms with Crippen molar-refractivity contribution in [2.75, 3.05) is 26.7 Å². The van der Waals surface area contributed by atoms with Crippen LogP contribution in [0.15, 0.2) is 21.2 Å². The summed E-state index contributed by atoms with van der Waals surface area (Å²) in [4.78, 5) is 2.33. The summed E-state index contributed by atoms with van der Waals surface area (Å²) in [7, 11) is 2.15. The molecule has 0 aromatic carbocycles. The fourth-order valence-corrected chi connectivity index (χ4v) is 2.75. The number of furan rings is 1. The zero-order chi connectivity index (χ0) is 11.6. The van der Waals surface area contributed by atoms with E-state index in [9.17, 15) is 0 Å².